The maximum Gasteiger partial charge on any atom is 0.274 e. The Morgan fingerprint density at radius 3 is 2.28 bits per heavy atom. The highest BCUT2D eigenvalue weighted by Crippen LogP contribution is 2.32. The minimum absolute atomic E-state index is 0.152. The van der Waals surface area contributed by atoms with E-state index >= 15 is 0 Å². The Kier molecular flexibility index (Phi) is 5.39. The number of carbonyl (C=O) groups is 1. The summed E-state index contributed by atoms with van der Waals surface area (Å²) < 4.78 is 0. The lowest BCUT2D eigenvalue weighted by atomic mass is 9.86. The van der Waals surface area contributed by atoms with E-state index in [2.05, 4.69) is 6.58 Å². The molecule has 25 heavy (non-hydrogen) atoms. The molecule has 0 aromatic heterocycles. The molecule has 0 saturated heterocycles. The molecular weight excluding hydrogens is 318 g/mol. The van der Waals surface area contributed by atoms with Crippen LogP contribution in [0.15, 0.2) is 55.1 Å². The highest BCUT2D eigenvalue weighted by molar-refractivity contribution is 6.01. The first-order chi connectivity index (χ1) is 12.0. The number of ketones is 1. The predicted octanol–water partition coefficient (Wildman–Crippen LogP) is 3.88. The molecule has 0 heterocycles. The fourth-order valence-electron chi connectivity index (χ4n) is 2.52. The summed E-state index contributed by atoms with van der Waals surface area (Å²) in [6.45, 7) is 3.62. The molecule has 0 fully saturated rings. The van der Waals surface area contributed by atoms with E-state index in [1.807, 2.05) is 12.1 Å². The molecule has 0 saturated carbocycles. The van der Waals surface area contributed by atoms with Gasteiger partial charge in [-0.1, -0.05) is 24.3 Å². The van der Waals surface area contributed by atoms with Gasteiger partial charge in [0.15, 0.2) is 5.78 Å². The van der Waals surface area contributed by atoms with Crippen LogP contribution in [0.1, 0.15) is 39.4 Å². The van der Waals surface area contributed by atoms with Gasteiger partial charge in [-0.3, -0.25) is 14.9 Å². The van der Waals surface area contributed by atoms with Gasteiger partial charge in [-0.05, 0) is 24.6 Å². The number of nitrogens with zero attached hydrogens (tertiary/aromatic N) is 3. The third-order valence-corrected chi connectivity index (χ3v) is 3.75. The first-order valence-corrected chi connectivity index (χ1v) is 7.35. The van der Waals surface area contributed by atoms with E-state index in [1.54, 1.807) is 0 Å². The smallest absolute Gasteiger partial charge is 0.274 e. The number of nitriles is 2. The topological polar surface area (TPSA) is 108 Å². The zero-order valence-electron chi connectivity index (χ0n) is 13.2. The fourth-order valence-corrected chi connectivity index (χ4v) is 2.52. The van der Waals surface area contributed by atoms with Crippen LogP contribution in [-0.4, -0.2) is 10.7 Å². The highest BCUT2D eigenvalue weighted by atomic mass is 16.6. The summed E-state index contributed by atoms with van der Waals surface area (Å²) in [5.41, 5.74) is 0.885. The summed E-state index contributed by atoms with van der Waals surface area (Å²) in [6, 6.07) is 14.0. The molecule has 0 aliphatic rings. The molecule has 2 aromatic rings. The predicted molar refractivity (Wildman–Crippen MR) is 90.9 cm³/mol. The van der Waals surface area contributed by atoms with Crippen LogP contribution < -0.4 is 0 Å². The van der Waals surface area contributed by atoms with Crippen LogP contribution in [0, 0.1) is 32.8 Å². The van der Waals surface area contributed by atoms with Crippen molar-refractivity contribution in [2.75, 3.05) is 0 Å². The van der Waals surface area contributed by atoms with Gasteiger partial charge in [-0.2, -0.15) is 10.5 Å². The number of nitro benzene ring substituents is 1. The van der Waals surface area contributed by atoms with Gasteiger partial charge in [-0.15, -0.1) is 6.58 Å². The van der Waals surface area contributed by atoms with Gasteiger partial charge in [0.1, 0.15) is 0 Å². The number of allylic oxidation sites excluding steroid dienone is 1. The Hall–Kier alpha value is -3.77. The number of carbonyl (C=O) groups excluding carboxylic acids is 1. The van der Waals surface area contributed by atoms with Crippen molar-refractivity contribution in [3.8, 4) is 12.1 Å². The van der Waals surface area contributed by atoms with Crippen molar-refractivity contribution in [1.82, 2.24) is 0 Å². The first-order valence-electron chi connectivity index (χ1n) is 7.35. The third kappa shape index (κ3) is 3.77. The van der Waals surface area contributed by atoms with Gasteiger partial charge >= 0.3 is 0 Å². The zero-order valence-corrected chi connectivity index (χ0v) is 13.2. The lowest BCUT2D eigenvalue weighted by Gasteiger charge is -2.15. The molecule has 0 bridgehead atoms. The number of hydrogen-bond acceptors (Lipinski definition) is 5. The summed E-state index contributed by atoms with van der Waals surface area (Å²) in [6.07, 6.45) is 1.74. The van der Waals surface area contributed by atoms with Crippen molar-refractivity contribution < 1.29 is 9.72 Å². The van der Waals surface area contributed by atoms with Gasteiger partial charge < -0.3 is 0 Å². The summed E-state index contributed by atoms with van der Waals surface area (Å²) in [4.78, 5) is 23.6. The lowest BCUT2D eigenvalue weighted by molar-refractivity contribution is -0.385. The van der Waals surface area contributed by atoms with Crippen molar-refractivity contribution in [1.29, 1.82) is 10.5 Å². The molecule has 6 nitrogen and oxygen atoms in total. The molecule has 2 aromatic carbocycles. The van der Waals surface area contributed by atoms with Crippen LogP contribution in [-0.2, 0) is 0 Å². The Bertz CT molecular complexity index is 918. The van der Waals surface area contributed by atoms with Crippen molar-refractivity contribution in [3.63, 3.8) is 0 Å². The standard InChI is InChI=1S/C19H13N3O3/c1-2-3-17(19(23)15-7-4-13(11-20)5-8-15)16-9-6-14(12-21)10-18(16)22(24)25/h2,4-10,17H,1,3H2. The van der Waals surface area contributed by atoms with Crippen molar-refractivity contribution in [2.45, 2.75) is 12.3 Å². The van der Waals surface area contributed by atoms with Crippen LogP contribution in [0.2, 0.25) is 0 Å². The third-order valence-electron chi connectivity index (χ3n) is 3.75. The summed E-state index contributed by atoms with van der Waals surface area (Å²) in [5.74, 6) is -1.10. The van der Waals surface area contributed by atoms with E-state index < -0.39 is 10.8 Å². The molecule has 0 amide bonds. The second kappa shape index (κ2) is 7.67. The molecule has 0 aliphatic carbocycles. The molecule has 1 atom stereocenters. The minimum atomic E-state index is -0.793. The number of rotatable bonds is 6. The van der Waals surface area contributed by atoms with Crippen LogP contribution in [0.25, 0.3) is 0 Å². The Morgan fingerprint density at radius 2 is 1.76 bits per heavy atom. The largest absolute Gasteiger partial charge is 0.293 e. The molecule has 0 aliphatic heterocycles. The molecule has 0 spiro atoms. The number of nitro groups is 1. The van der Waals surface area contributed by atoms with E-state index in [0.29, 0.717) is 11.1 Å². The average molecular weight is 331 g/mol. The van der Waals surface area contributed by atoms with Crippen molar-refractivity contribution >= 4 is 11.5 Å². The fraction of sp³-hybridized carbons (Fsp3) is 0.105. The molecule has 2 rings (SSSR count). The van der Waals surface area contributed by atoms with Crippen molar-refractivity contribution in [3.05, 3.63) is 87.5 Å². The van der Waals surface area contributed by atoms with Gasteiger partial charge in [0.05, 0.1) is 34.1 Å². The summed E-state index contributed by atoms with van der Waals surface area (Å²) >= 11 is 0. The Morgan fingerprint density at radius 1 is 1.16 bits per heavy atom. The molecular formula is C19H13N3O3. The van der Waals surface area contributed by atoms with Gasteiger partial charge in [0, 0.05) is 17.2 Å². The van der Waals surface area contributed by atoms with E-state index in [4.69, 9.17) is 10.5 Å². The van der Waals surface area contributed by atoms with E-state index in [9.17, 15) is 14.9 Å². The van der Waals surface area contributed by atoms with Gasteiger partial charge in [0.2, 0.25) is 0 Å². The van der Waals surface area contributed by atoms with Gasteiger partial charge in [-0.25, -0.2) is 0 Å². The highest BCUT2D eigenvalue weighted by Gasteiger charge is 2.28. The van der Waals surface area contributed by atoms with E-state index in [0.717, 1.165) is 6.07 Å². The Labute approximate surface area is 144 Å². The minimum Gasteiger partial charge on any atom is -0.293 e. The van der Waals surface area contributed by atoms with Crippen LogP contribution >= 0.6 is 0 Å². The van der Waals surface area contributed by atoms with E-state index in [-0.39, 0.29) is 29.0 Å². The molecule has 0 N–H and O–H groups in total. The van der Waals surface area contributed by atoms with Crippen LogP contribution in [0.3, 0.4) is 0 Å². The maximum absolute atomic E-state index is 12.8. The molecule has 6 heteroatoms. The second-order valence-corrected chi connectivity index (χ2v) is 5.27. The first kappa shape index (κ1) is 17.6. The molecule has 1 unspecified atom stereocenters. The molecule has 122 valence electrons. The van der Waals surface area contributed by atoms with Crippen molar-refractivity contribution in [2.24, 2.45) is 0 Å². The summed E-state index contributed by atoms with van der Waals surface area (Å²) in [5, 5.41) is 29.1. The number of Topliss-reactive ketones (excluding diaryl/α,β-unsaturated/α-hetero) is 1. The van der Waals surface area contributed by atoms with Gasteiger partial charge in [0.25, 0.3) is 5.69 Å². The monoisotopic (exact) mass is 331 g/mol. The lowest BCUT2D eigenvalue weighted by Crippen LogP contribution is -2.14. The molecule has 0 radical (unpaired) electrons. The normalized spacial score (nSPS) is 11.0. The second-order valence-electron chi connectivity index (χ2n) is 5.27. The SMILES string of the molecule is C=CCC(C(=O)c1ccc(C#N)cc1)c1ccc(C#N)cc1[N+](=O)[O-]. The number of benzene rings is 2. The zero-order chi connectivity index (χ0) is 18.4. The van der Waals surface area contributed by atoms with Crippen LogP contribution in [0.4, 0.5) is 5.69 Å². The van der Waals surface area contributed by atoms with E-state index in [1.165, 1.54) is 42.5 Å². The summed E-state index contributed by atoms with van der Waals surface area (Å²) in [7, 11) is 0. The maximum atomic E-state index is 12.8. The Balaban J connectivity index is 2.52. The quantitative estimate of drug-likeness (QED) is 0.345. The number of hydrogen-bond donors (Lipinski definition) is 0. The van der Waals surface area contributed by atoms with Crippen LogP contribution in [0.5, 0.6) is 0 Å². The average Bonchev–Trinajstić information content (AvgIpc) is 2.65.